The molecule has 0 spiro atoms. The number of benzene rings is 1. The third-order valence-corrected chi connectivity index (χ3v) is 1.90. The first kappa shape index (κ1) is 9.64. The quantitative estimate of drug-likeness (QED) is 0.534. The van der Waals surface area contributed by atoms with Gasteiger partial charge in [0.15, 0.2) is 0 Å². The van der Waals surface area contributed by atoms with Gasteiger partial charge in [0.25, 0.3) is 5.69 Å². The van der Waals surface area contributed by atoms with Crippen molar-refractivity contribution in [3.8, 4) is 0 Å². The molecule has 0 saturated heterocycles. The molecule has 0 fully saturated rings. The lowest BCUT2D eigenvalue weighted by Gasteiger charge is -2.05. The van der Waals surface area contributed by atoms with Crippen LogP contribution in [-0.2, 0) is 0 Å². The van der Waals surface area contributed by atoms with Crippen molar-refractivity contribution in [1.82, 2.24) is 0 Å². The first-order chi connectivity index (χ1) is 6.15. The molecular weight excluding hydrogens is 173 g/mol. The van der Waals surface area contributed by atoms with Crippen LogP contribution in [-0.4, -0.2) is 11.6 Å². The van der Waals surface area contributed by atoms with Crippen LogP contribution in [0.25, 0.3) is 0 Å². The predicted octanol–water partition coefficient (Wildman–Crippen LogP) is 2.67. The molecular formula is C9H10FNO2. The second-order valence-corrected chi connectivity index (χ2v) is 2.90. The number of nitro groups is 1. The van der Waals surface area contributed by atoms with Gasteiger partial charge >= 0.3 is 0 Å². The van der Waals surface area contributed by atoms with Crippen LogP contribution < -0.4 is 0 Å². The number of hydrogen-bond acceptors (Lipinski definition) is 2. The topological polar surface area (TPSA) is 43.1 Å². The molecule has 0 heterocycles. The maximum Gasteiger partial charge on any atom is 0.269 e. The Morgan fingerprint density at radius 1 is 1.46 bits per heavy atom. The minimum atomic E-state index is -0.468. The van der Waals surface area contributed by atoms with Crippen molar-refractivity contribution in [3.05, 3.63) is 39.9 Å². The maximum atomic E-state index is 12.2. The van der Waals surface area contributed by atoms with E-state index in [9.17, 15) is 14.5 Å². The number of nitrogens with zero attached hydrogens (tertiary/aromatic N) is 1. The number of hydrogen-bond donors (Lipinski definition) is 0. The standard InChI is InChI=1S/C9H10FNO2/c1-7(6-10)8-2-4-9(5-3-8)11(12)13/h2-5,7H,6H2,1H3. The van der Waals surface area contributed by atoms with Gasteiger partial charge in [-0.15, -0.1) is 0 Å². The Kier molecular flexibility index (Phi) is 2.95. The number of non-ortho nitro benzene ring substituents is 1. The van der Waals surface area contributed by atoms with E-state index in [1.165, 1.54) is 12.1 Å². The Morgan fingerprint density at radius 3 is 2.38 bits per heavy atom. The molecule has 1 atom stereocenters. The molecule has 3 nitrogen and oxygen atoms in total. The van der Waals surface area contributed by atoms with Crippen LogP contribution >= 0.6 is 0 Å². The van der Waals surface area contributed by atoms with Gasteiger partial charge in [-0.25, -0.2) is 0 Å². The lowest BCUT2D eigenvalue weighted by atomic mass is 10.0. The molecule has 0 aliphatic carbocycles. The van der Waals surface area contributed by atoms with Crippen molar-refractivity contribution < 1.29 is 9.31 Å². The number of halogens is 1. The molecule has 1 aromatic carbocycles. The summed E-state index contributed by atoms with van der Waals surface area (Å²) in [5.41, 5.74) is 0.822. The number of nitro benzene ring substituents is 1. The van der Waals surface area contributed by atoms with Crippen LogP contribution in [0.15, 0.2) is 24.3 Å². The predicted molar refractivity (Wildman–Crippen MR) is 47.5 cm³/mol. The highest BCUT2D eigenvalue weighted by Gasteiger charge is 2.07. The van der Waals surface area contributed by atoms with E-state index in [-0.39, 0.29) is 11.6 Å². The van der Waals surface area contributed by atoms with E-state index in [0.717, 1.165) is 5.56 Å². The maximum absolute atomic E-state index is 12.2. The highest BCUT2D eigenvalue weighted by Crippen LogP contribution is 2.19. The van der Waals surface area contributed by atoms with E-state index < -0.39 is 11.6 Å². The average Bonchev–Trinajstić information content (AvgIpc) is 2.17. The molecule has 70 valence electrons. The van der Waals surface area contributed by atoms with E-state index in [1.54, 1.807) is 19.1 Å². The Morgan fingerprint density at radius 2 is 2.00 bits per heavy atom. The summed E-state index contributed by atoms with van der Waals surface area (Å²) < 4.78 is 12.2. The van der Waals surface area contributed by atoms with Crippen LogP contribution in [0.3, 0.4) is 0 Å². The zero-order valence-electron chi connectivity index (χ0n) is 7.24. The van der Waals surface area contributed by atoms with Crippen LogP contribution in [0.4, 0.5) is 10.1 Å². The summed E-state index contributed by atoms with van der Waals surface area (Å²) in [5, 5.41) is 10.3. The van der Waals surface area contributed by atoms with Crippen LogP contribution in [0.1, 0.15) is 18.4 Å². The molecule has 0 N–H and O–H groups in total. The molecule has 0 radical (unpaired) electrons. The van der Waals surface area contributed by atoms with Gasteiger partial charge in [-0.1, -0.05) is 19.1 Å². The zero-order valence-corrected chi connectivity index (χ0v) is 7.24. The van der Waals surface area contributed by atoms with Crippen molar-refractivity contribution in [1.29, 1.82) is 0 Å². The SMILES string of the molecule is CC(CF)c1ccc([N+](=O)[O-])cc1. The van der Waals surface area contributed by atoms with Crippen molar-refractivity contribution in [2.45, 2.75) is 12.8 Å². The molecule has 0 bridgehead atoms. The lowest BCUT2D eigenvalue weighted by molar-refractivity contribution is -0.384. The van der Waals surface area contributed by atoms with E-state index in [1.807, 2.05) is 0 Å². The van der Waals surface area contributed by atoms with Crippen LogP contribution in [0.2, 0.25) is 0 Å². The van der Waals surface area contributed by atoms with Crippen molar-refractivity contribution in [2.75, 3.05) is 6.67 Å². The van der Waals surface area contributed by atoms with Gasteiger partial charge < -0.3 is 0 Å². The third kappa shape index (κ3) is 2.24. The van der Waals surface area contributed by atoms with E-state index >= 15 is 0 Å². The minimum Gasteiger partial charge on any atom is -0.258 e. The van der Waals surface area contributed by atoms with E-state index in [2.05, 4.69) is 0 Å². The summed E-state index contributed by atoms with van der Waals surface area (Å²) in [6.45, 7) is 1.29. The molecule has 0 aliphatic rings. The van der Waals surface area contributed by atoms with Gasteiger partial charge in [-0.05, 0) is 5.56 Å². The fourth-order valence-electron chi connectivity index (χ4n) is 1.01. The average molecular weight is 183 g/mol. The zero-order chi connectivity index (χ0) is 9.84. The lowest BCUT2D eigenvalue weighted by Crippen LogP contribution is -1.95. The summed E-state index contributed by atoms with van der Waals surface area (Å²) in [7, 11) is 0. The van der Waals surface area contributed by atoms with Gasteiger partial charge in [0.1, 0.15) is 0 Å². The van der Waals surface area contributed by atoms with Crippen molar-refractivity contribution in [3.63, 3.8) is 0 Å². The highest BCUT2D eigenvalue weighted by atomic mass is 19.1. The van der Waals surface area contributed by atoms with Gasteiger partial charge in [0, 0.05) is 18.1 Å². The molecule has 1 rings (SSSR count). The molecule has 0 saturated carbocycles. The molecule has 0 aliphatic heterocycles. The molecule has 13 heavy (non-hydrogen) atoms. The monoisotopic (exact) mass is 183 g/mol. The molecule has 1 unspecified atom stereocenters. The summed E-state index contributed by atoms with van der Waals surface area (Å²) in [6, 6.07) is 5.95. The Bertz CT molecular complexity index is 297. The van der Waals surface area contributed by atoms with E-state index in [0.29, 0.717) is 0 Å². The van der Waals surface area contributed by atoms with Gasteiger partial charge in [-0.2, -0.15) is 0 Å². The van der Waals surface area contributed by atoms with Crippen LogP contribution in [0, 0.1) is 10.1 Å². The molecule has 0 amide bonds. The number of rotatable bonds is 3. The number of alkyl halides is 1. The van der Waals surface area contributed by atoms with Gasteiger partial charge in [-0.3, -0.25) is 14.5 Å². The fraction of sp³-hybridized carbons (Fsp3) is 0.333. The first-order valence-corrected chi connectivity index (χ1v) is 3.95. The fourth-order valence-corrected chi connectivity index (χ4v) is 1.01. The molecule has 0 aromatic heterocycles. The highest BCUT2D eigenvalue weighted by molar-refractivity contribution is 5.34. The van der Waals surface area contributed by atoms with E-state index in [4.69, 9.17) is 0 Å². The minimum absolute atomic E-state index is 0.0369. The summed E-state index contributed by atoms with van der Waals surface area (Å²) in [5.74, 6) is -0.194. The largest absolute Gasteiger partial charge is 0.269 e. The Balaban J connectivity index is 2.87. The summed E-state index contributed by atoms with van der Waals surface area (Å²) >= 11 is 0. The first-order valence-electron chi connectivity index (χ1n) is 3.95. The summed E-state index contributed by atoms with van der Waals surface area (Å²) in [4.78, 5) is 9.81. The van der Waals surface area contributed by atoms with Crippen LogP contribution in [0.5, 0.6) is 0 Å². The smallest absolute Gasteiger partial charge is 0.258 e. The molecule has 4 heteroatoms. The second-order valence-electron chi connectivity index (χ2n) is 2.90. The Labute approximate surface area is 75.3 Å². The summed E-state index contributed by atoms with van der Waals surface area (Å²) in [6.07, 6.45) is 0. The van der Waals surface area contributed by atoms with Gasteiger partial charge in [0.2, 0.25) is 0 Å². The second kappa shape index (κ2) is 3.98. The van der Waals surface area contributed by atoms with Crippen molar-refractivity contribution in [2.24, 2.45) is 0 Å². The normalized spacial score (nSPS) is 12.5. The van der Waals surface area contributed by atoms with Gasteiger partial charge in [0.05, 0.1) is 11.6 Å². The van der Waals surface area contributed by atoms with Crippen molar-refractivity contribution >= 4 is 5.69 Å². The third-order valence-electron chi connectivity index (χ3n) is 1.90. The molecule has 1 aromatic rings. The Hall–Kier alpha value is -1.45.